The molecule has 0 atom stereocenters. The van der Waals surface area contributed by atoms with Gasteiger partial charge in [-0.05, 0) is 97.5 Å². The molecule has 0 saturated carbocycles. The Morgan fingerprint density at radius 1 is 0.346 bits per heavy atom. The average molecular weight is 664 g/mol. The molecule has 1 heterocycles. The van der Waals surface area contributed by atoms with Gasteiger partial charge in [0.2, 0.25) is 0 Å². The van der Waals surface area contributed by atoms with Gasteiger partial charge in [0.25, 0.3) is 0 Å². The van der Waals surface area contributed by atoms with Crippen molar-refractivity contribution in [1.29, 1.82) is 0 Å². The van der Waals surface area contributed by atoms with Crippen LogP contribution in [-0.2, 0) is 0 Å². The van der Waals surface area contributed by atoms with Crippen LogP contribution < -0.4 is 4.90 Å². The van der Waals surface area contributed by atoms with E-state index >= 15 is 0 Å². The predicted octanol–water partition coefficient (Wildman–Crippen LogP) is 14.4. The summed E-state index contributed by atoms with van der Waals surface area (Å²) in [7, 11) is 0. The molecular formula is C50H33NO. The zero-order valence-corrected chi connectivity index (χ0v) is 28.4. The van der Waals surface area contributed by atoms with Gasteiger partial charge in [0, 0.05) is 27.9 Å². The number of hydrogen-bond donors (Lipinski definition) is 0. The number of fused-ring (bicyclic) bond motifs is 5. The molecule has 0 spiro atoms. The van der Waals surface area contributed by atoms with Gasteiger partial charge < -0.3 is 9.32 Å². The summed E-state index contributed by atoms with van der Waals surface area (Å²) in [6, 6.07) is 71.6. The minimum absolute atomic E-state index is 0.856. The summed E-state index contributed by atoms with van der Waals surface area (Å²) in [6.07, 6.45) is 0. The number of para-hydroxylation sites is 2. The lowest BCUT2D eigenvalue weighted by molar-refractivity contribution is 0.632. The largest absolute Gasteiger partial charge is 0.455 e. The molecule has 2 nitrogen and oxygen atoms in total. The Labute approximate surface area is 302 Å². The van der Waals surface area contributed by atoms with Gasteiger partial charge >= 0.3 is 0 Å². The number of rotatable bonds is 6. The number of benzene rings is 9. The Balaban J connectivity index is 1.14. The molecule has 10 rings (SSSR count). The van der Waals surface area contributed by atoms with Crippen LogP contribution in [-0.4, -0.2) is 0 Å². The lowest BCUT2D eigenvalue weighted by Gasteiger charge is -2.28. The van der Waals surface area contributed by atoms with Gasteiger partial charge in [0.15, 0.2) is 0 Å². The van der Waals surface area contributed by atoms with Crippen LogP contribution in [0.15, 0.2) is 205 Å². The fourth-order valence-corrected chi connectivity index (χ4v) is 7.73. The number of anilines is 3. The molecule has 0 bridgehead atoms. The summed E-state index contributed by atoms with van der Waals surface area (Å²) < 4.78 is 6.78. The molecule has 0 N–H and O–H groups in total. The van der Waals surface area contributed by atoms with E-state index in [-0.39, 0.29) is 0 Å². The molecule has 0 aliphatic heterocycles. The zero-order valence-electron chi connectivity index (χ0n) is 28.4. The van der Waals surface area contributed by atoms with Crippen molar-refractivity contribution in [3.8, 4) is 33.6 Å². The summed E-state index contributed by atoms with van der Waals surface area (Å²) in [4.78, 5) is 2.36. The maximum atomic E-state index is 6.78. The van der Waals surface area contributed by atoms with Crippen molar-refractivity contribution in [2.75, 3.05) is 4.90 Å². The molecule has 0 aliphatic rings. The van der Waals surface area contributed by atoms with Gasteiger partial charge in [-0.2, -0.15) is 0 Å². The van der Waals surface area contributed by atoms with Gasteiger partial charge in [-0.15, -0.1) is 0 Å². The van der Waals surface area contributed by atoms with E-state index in [1.165, 1.54) is 43.4 Å². The zero-order chi connectivity index (χ0) is 34.4. The Hall–Kier alpha value is -6.90. The monoisotopic (exact) mass is 663 g/mol. The average Bonchev–Trinajstić information content (AvgIpc) is 3.61. The normalized spacial score (nSPS) is 11.5. The summed E-state index contributed by atoms with van der Waals surface area (Å²) >= 11 is 0. The second-order valence-electron chi connectivity index (χ2n) is 13.3. The van der Waals surface area contributed by atoms with Gasteiger partial charge in [-0.3, -0.25) is 0 Å². The maximum absolute atomic E-state index is 6.78. The second kappa shape index (κ2) is 12.5. The van der Waals surface area contributed by atoms with E-state index in [1.54, 1.807) is 0 Å². The van der Waals surface area contributed by atoms with E-state index in [9.17, 15) is 0 Å². The van der Waals surface area contributed by atoms with Crippen molar-refractivity contribution in [2.24, 2.45) is 0 Å². The highest BCUT2D eigenvalue weighted by Gasteiger charge is 2.24. The highest BCUT2D eigenvalue weighted by molar-refractivity contribution is 6.08. The second-order valence-corrected chi connectivity index (χ2v) is 13.3. The first kappa shape index (κ1) is 30.0. The molecule has 244 valence electrons. The predicted molar refractivity (Wildman–Crippen MR) is 220 cm³/mol. The molecule has 10 aromatic rings. The SMILES string of the molecule is c1ccc(-c2c(-c3ccccc3N(c3ccc(-c4ccc5c(ccc6ccccc65)c4)cc3)c3ccc4ccccc4c3)oc3ccccc23)cc1. The molecule has 0 fully saturated rings. The smallest absolute Gasteiger partial charge is 0.145 e. The van der Waals surface area contributed by atoms with Gasteiger partial charge in [0.1, 0.15) is 11.3 Å². The minimum atomic E-state index is 0.856. The number of nitrogens with zero attached hydrogens (tertiary/aromatic N) is 1. The number of hydrogen-bond acceptors (Lipinski definition) is 2. The summed E-state index contributed by atoms with van der Waals surface area (Å²) in [5.41, 5.74) is 9.68. The number of furan rings is 1. The molecule has 0 radical (unpaired) electrons. The molecule has 0 amide bonds. The van der Waals surface area contributed by atoms with E-state index in [0.717, 1.165) is 50.5 Å². The molecule has 2 heteroatoms. The molecule has 0 aliphatic carbocycles. The van der Waals surface area contributed by atoms with Crippen molar-refractivity contribution < 1.29 is 4.42 Å². The Morgan fingerprint density at radius 3 is 1.83 bits per heavy atom. The lowest BCUT2D eigenvalue weighted by atomic mass is 9.96. The summed E-state index contributed by atoms with van der Waals surface area (Å²) in [5.74, 6) is 0.856. The first-order valence-corrected chi connectivity index (χ1v) is 17.8. The van der Waals surface area contributed by atoms with Crippen LogP contribution in [0.25, 0.3) is 76.9 Å². The molecule has 1 aromatic heterocycles. The minimum Gasteiger partial charge on any atom is -0.455 e. The summed E-state index contributed by atoms with van der Waals surface area (Å²) in [6.45, 7) is 0. The van der Waals surface area contributed by atoms with Crippen LogP contribution in [0.5, 0.6) is 0 Å². The van der Waals surface area contributed by atoms with E-state index in [2.05, 4.69) is 199 Å². The quantitative estimate of drug-likeness (QED) is 0.165. The van der Waals surface area contributed by atoms with Crippen LogP contribution in [0.4, 0.5) is 17.1 Å². The van der Waals surface area contributed by atoms with Crippen molar-refractivity contribution in [1.82, 2.24) is 0 Å². The van der Waals surface area contributed by atoms with E-state index in [4.69, 9.17) is 4.42 Å². The highest BCUT2D eigenvalue weighted by atomic mass is 16.3. The van der Waals surface area contributed by atoms with E-state index in [0.29, 0.717) is 0 Å². The van der Waals surface area contributed by atoms with Crippen LogP contribution >= 0.6 is 0 Å². The highest BCUT2D eigenvalue weighted by Crippen LogP contribution is 2.47. The van der Waals surface area contributed by atoms with Crippen molar-refractivity contribution in [3.05, 3.63) is 200 Å². The molecule has 0 saturated heterocycles. The topological polar surface area (TPSA) is 16.4 Å². The molecule has 52 heavy (non-hydrogen) atoms. The fraction of sp³-hybridized carbons (Fsp3) is 0. The fourth-order valence-electron chi connectivity index (χ4n) is 7.73. The molecular weight excluding hydrogens is 631 g/mol. The van der Waals surface area contributed by atoms with Crippen LogP contribution in [0.3, 0.4) is 0 Å². The van der Waals surface area contributed by atoms with Crippen LogP contribution in [0.2, 0.25) is 0 Å². The Bertz CT molecular complexity index is 2900. The Morgan fingerprint density at radius 2 is 0.962 bits per heavy atom. The van der Waals surface area contributed by atoms with Crippen molar-refractivity contribution >= 4 is 60.3 Å². The van der Waals surface area contributed by atoms with Gasteiger partial charge in [-0.1, -0.05) is 152 Å². The van der Waals surface area contributed by atoms with Gasteiger partial charge in [0.05, 0.1) is 5.69 Å². The van der Waals surface area contributed by atoms with Crippen LogP contribution in [0.1, 0.15) is 0 Å². The van der Waals surface area contributed by atoms with Crippen LogP contribution in [0, 0.1) is 0 Å². The van der Waals surface area contributed by atoms with E-state index < -0.39 is 0 Å². The third-order valence-corrected chi connectivity index (χ3v) is 10.2. The first-order valence-electron chi connectivity index (χ1n) is 17.8. The maximum Gasteiger partial charge on any atom is 0.145 e. The van der Waals surface area contributed by atoms with E-state index in [1.807, 2.05) is 6.07 Å². The lowest BCUT2D eigenvalue weighted by Crippen LogP contribution is -2.11. The third-order valence-electron chi connectivity index (χ3n) is 10.2. The molecule has 9 aromatic carbocycles. The summed E-state index contributed by atoms with van der Waals surface area (Å²) in [5, 5.41) is 8.57. The van der Waals surface area contributed by atoms with Crippen molar-refractivity contribution in [3.63, 3.8) is 0 Å². The standard InChI is InChI=1S/C50H33NO/c1-2-14-37(15-3-1)49-46-19-9-11-21-48(46)52-50(49)45-18-8-10-20-47(45)51(42-30-26-34-12-4-5-16-38(34)33-42)41-28-24-35(25-29-41)39-27-31-44-40(32-39)23-22-36-13-6-7-17-43(36)44/h1-33H. The molecule has 0 unspecified atom stereocenters. The first-order chi connectivity index (χ1) is 25.8. The van der Waals surface area contributed by atoms with Crippen molar-refractivity contribution in [2.45, 2.75) is 0 Å². The van der Waals surface area contributed by atoms with Gasteiger partial charge in [-0.25, -0.2) is 0 Å². The third kappa shape index (κ3) is 5.12. The Kier molecular flexibility index (Phi) is 7.18.